The van der Waals surface area contributed by atoms with E-state index in [-0.39, 0.29) is 17.7 Å². The Hall–Kier alpha value is -1.88. The van der Waals surface area contributed by atoms with Crippen molar-refractivity contribution in [2.24, 2.45) is 5.41 Å². The summed E-state index contributed by atoms with van der Waals surface area (Å²) in [6.45, 7) is 4.89. The van der Waals surface area contributed by atoms with Crippen LogP contribution in [0.1, 0.15) is 44.1 Å². The number of nitrogens with zero attached hydrogens (tertiary/aromatic N) is 2. The first kappa shape index (κ1) is 17.9. The molecule has 2 heterocycles. The minimum atomic E-state index is -0.823. The van der Waals surface area contributed by atoms with Crippen molar-refractivity contribution >= 4 is 11.9 Å². The number of benzene rings is 1. The lowest BCUT2D eigenvalue weighted by Crippen LogP contribution is -2.41. The number of rotatable bonds is 6. The second-order valence-corrected chi connectivity index (χ2v) is 7.57. The predicted octanol–water partition coefficient (Wildman–Crippen LogP) is 2.76. The summed E-state index contributed by atoms with van der Waals surface area (Å²) >= 11 is 0. The van der Waals surface area contributed by atoms with E-state index in [4.69, 9.17) is 5.11 Å². The van der Waals surface area contributed by atoms with Crippen molar-refractivity contribution in [1.82, 2.24) is 9.80 Å². The molecule has 5 nitrogen and oxygen atoms in total. The first-order valence-electron chi connectivity index (χ1n) is 9.32. The van der Waals surface area contributed by atoms with Gasteiger partial charge in [0.05, 0.1) is 0 Å². The number of carbonyl (C=O) groups excluding carboxylic acids is 1. The summed E-state index contributed by atoms with van der Waals surface area (Å²) in [5.74, 6) is -0.693. The molecule has 3 rings (SSSR count). The molecule has 0 aliphatic carbocycles. The van der Waals surface area contributed by atoms with E-state index in [1.807, 2.05) is 4.90 Å². The third-order valence-electron chi connectivity index (χ3n) is 5.74. The maximum atomic E-state index is 12.3. The van der Waals surface area contributed by atoms with Gasteiger partial charge in [0.1, 0.15) is 0 Å². The van der Waals surface area contributed by atoms with Crippen LogP contribution in [-0.4, -0.2) is 53.0 Å². The molecule has 2 fully saturated rings. The Labute approximate surface area is 149 Å². The monoisotopic (exact) mass is 344 g/mol. The van der Waals surface area contributed by atoms with E-state index in [2.05, 4.69) is 35.2 Å². The quantitative estimate of drug-likeness (QED) is 0.862. The largest absolute Gasteiger partial charge is 0.481 e. The second kappa shape index (κ2) is 8.00. The molecule has 136 valence electrons. The van der Waals surface area contributed by atoms with E-state index in [1.54, 1.807) is 0 Å². The molecule has 2 aliphatic rings. The first-order valence-corrected chi connectivity index (χ1v) is 9.32. The van der Waals surface area contributed by atoms with E-state index < -0.39 is 5.97 Å². The van der Waals surface area contributed by atoms with Crippen LogP contribution in [0.25, 0.3) is 0 Å². The Morgan fingerprint density at radius 3 is 2.36 bits per heavy atom. The van der Waals surface area contributed by atoms with Crippen LogP contribution in [0.5, 0.6) is 0 Å². The molecule has 0 bridgehead atoms. The van der Waals surface area contributed by atoms with Gasteiger partial charge in [0.25, 0.3) is 0 Å². The highest BCUT2D eigenvalue weighted by Crippen LogP contribution is 2.40. The standard InChI is InChI=1S/C20H28N2O3/c23-18(7-4-8-19(24)25)22-14-11-20(16-22)9-12-21(13-10-20)15-17-5-2-1-3-6-17/h1-3,5-6H,4,7-16H2,(H,24,25). The normalized spacial score (nSPS) is 20.1. The fourth-order valence-electron chi connectivity index (χ4n) is 4.13. The van der Waals surface area contributed by atoms with Gasteiger partial charge in [-0.25, -0.2) is 0 Å². The van der Waals surface area contributed by atoms with Crippen molar-refractivity contribution in [3.05, 3.63) is 35.9 Å². The summed E-state index contributed by atoms with van der Waals surface area (Å²) in [6.07, 6.45) is 4.29. The van der Waals surface area contributed by atoms with Gasteiger partial charge in [0.2, 0.25) is 5.91 Å². The molecule has 1 aromatic rings. The predicted molar refractivity (Wildman–Crippen MR) is 96.1 cm³/mol. The average molecular weight is 344 g/mol. The number of carbonyl (C=O) groups is 2. The van der Waals surface area contributed by atoms with Crippen LogP contribution in [0.2, 0.25) is 0 Å². The van der Waals surface area contributed by atoms with E-state index in [1.165, 1.54) is 5.56 Å². The molecular formula is C20H28N2O3. The Balaban J connectivity index is 1.44. The van der Waals surface area contributed by atoms with Crippen molar-refractivity contribution in [1.29, 1.82) is 0 Å². The highest BCUT2D eigenvalue weighted by Gasteiger charge is 2.41. The van der Waals surface area contributed by atoms with Crippen LogP contribution < -0.4 is 0 Å². The molecule has 1 amide bonds. The molecule has 25 heavy (non-hydrogen) atoms. The van der Waals surface area contributed by atoms with E-state index >= 15 is 0 Å². The van der Waals surface area contributed by atoms with E-state index in [0.717, 1.165) is 52.0 Å². The Morgan fingerprint density at radius 2 is 1.68 bits per heavy atom. The maximum absolute atomic E-state index is 12.3. The van der Waals surface area contributed by atoms with Gasteiger partial charge in [-0.15, -0.1) is 0 Å². The summed E-state index contributed by atoms with van der Waals surface area (Å²) in [6, 6.07) is 10.6. The van der Waals surface area contributed by atoms with Crippen LogP contribution in [0.3, 0.4) is 0 Å². The minimum Gasteiger partial charge on any atom is -0.481 e. The fourth-order valence-corrected chi connectivity index (χ4v) is 4.13. The maximum Gasteiger partial charge on any atom is 0.303 e. The van der Waals surface area contributed by atoms with Gasteiger partial charge >= 0.3 is 5.97 Å². The van der Waals surface area contributed by atoms with Gasteiger partial charge in [-0.3, -0.25) is 14.5 Å². The van der Waals surface area contributed by atoms with Gasteiger partial charge in [0.15, 0.2) is 0 Å². The van der Waals surface area contributed by atoms with Gasteiger partial charge in [0, 0.05) is 32.5 Å². The number of piperidine rings is 1. The topological polar surface area (TPSA) is 60.9 Å². The van der Waals surface area contributed by atoms with Gasteiger partial charge in [-0.1, -0.05) is 30.3 Å². The number of likely N-dealkylation sites (tertiary alicyclic amines) is 2. The third-order valence-corrected chi connectivity index (χ3v) is 5.74. The van der Waals surface area contributed by atoms with Crippen LogP contribution in [-0.2, 0) is 16.1 Å². The number of hydrogen-bond acceptors (Lipinski definition) is 3. The molecular weight excluding hydrogens is 316 g/mol. The van der Waals surface area contributed by atoms with E-state index in [9.17, 15) is 9.59 Å². The van der Waals surface area contributed by atoms with Crippen molar-refractivity contribution in [3.8, 4) is 0 Å². The van der Waals surface area contributed by atoms with Crippen LogP contribution >= 0.6 is 0 Å². The summed E-state index contributed by atoms with van der Waals surface area (Å²) in [4.78, 5) is 27.3. The first-order chi connectivity index (χ1) is 12.1. The molecule has 0 aromatic heterocycles. The molecule has 0 atom stereocenters. The summed E-state index contributed by atoms with van der Waals surface area (Å²) < 4.78 is 0. The Bertz CT molecular complexity index is 594. The van der Waals surface area contributed by atoms with Crippen molar-refractivity contribution in [2.75, 3.05) is 26.2 Å². The SMILES string of the molecule is O=C(O)CCCC(=O)N1CCC2(CCN(Cc3ccccc3)CC2)C1. The van der Waals surface area contributed by atoms with Crippen LogP contribution in [0.15, 0.2) is 30.3 Å². The van der Waals surface area contributed by atoms with Crippen molar-refractivity contribution < 1.29 is 14.7 Å². The number of amides is 1. The second-order valence-electron chi connectivity index (χ2n) is 7.57. The summed E-state index contributed by atoms with van der Waals surface area (Å²) in [5.41, 5.74) is 1.65. The van der Waals surface area contributed by atoms with Gasteiger partial charge < -0.3 is 10.0 Å². The number of carboxylic acids is 1. The van der Waals surface area contributed by atoms with Crippen molar-refractivity contribution in [2.45, 2.75) is 45.1 Å². The molecule has 0 radical (unpaired) electrons. The number of aliphatic carboxylic acids is 1. The van der Waals surface area contributed by atoms with E-state index in [0.29, 0.717) is 12.8 Å². The zero-order valence-electron chi connectivity index (χ0n) is 14.8. The molecule has 1 spiro atoms. The van der Waals surface area contributed by atoms with Crippen LogP contribution in [0.4, 0.5) is 0 Å². The average Bonchev–Trinajstić information content (AvgIpc) is 3.02. The van der Waals surface area contributed by atoms with Gasteiger partial charge in [-0.05, 0) is 49.8 Å². The summed E-state index contributed by atoms with van der Waals surface area (Å²) in [7, 11) is 0. The molecule has 0 unspecified atom stereocenters. The lowest BCUT2D eigenvalue weighted by molar-refractivity contribution is -0.137. The minimum absolute atomic E-state index is 0.0825. The zero-order chi connectivity index (χ0) is 17.7. The smallest absolute Gasteiger partial charge is 0.303 e. The summed E-state index contributed by atoms with van der Waals surface area (Å²) in [5, 5.41) is 8.69. The molecule has 1 aromatic carbocycles. The third kappa shape index (κ3) is 4.82. The fraction of sp³-hybridized carbons (Fsp3) is 0.600. The zero-order valence-corrected chi connectivity index (χ0v) is 14.8. The van der Waals surface area contributed by atoms with Gasteiger partial charge in [-0.2, -0.15) is 0 Å². The molecule has 1 N–H and O–H groups in total. The van der Waals surface area contributed by atoms with Crippen LogP contribution in [0, 0.1) is 5.41 Å². The molecule has 2 saturated heterocycles. The van der Waals surface area contributed by atoms with Crippen molar-refractivity contribution in [3.63, 3.8) is 0 Å². The lowest BCUT2D eigenvalue weighted by atomic mass is 9.77. The molecule has 2 aliphatic heterocycles. The number of carboxylic acid groups (broad SMARTS) is 1. The molecule has 0 saturated carbocycles. The highest BCUT2D eigenvalue weighted by molar-refractivity contribution is 5.77. The molecule has 5 heteroatoms. The lowest BCUT2D eigenvalue weighted by Gasteiger charge is -2.39. The Morgan fingerprint density at radius 1 is 1.00 bits per heavy atom. The Kier molecular flexibility index (Phi) is 5.74. The number of hydrogen-bond donors (Lipinski definition) is 1. The highest BCUT2D eigenvalue weighted by atomic mass is 16.4.